The molecular weight excluding hydrogens is 318 g/mol. The average Bonchev–Trinajstić information content (AvgIpc) is 2.88. The normalized spacial score (nSPS) is 16.3. The number of hydrogen-bond acceptors (Lipinski definition) is 4. The number of rotatable bonds is 3. The molecule has 0 fully saturated rings. The highest BCUT2D eigenvalue weighted by Gasteiger charge is 2.40. The molecule has 1 unspecified atom stereocenters. The van der Waals surface area contributed by atoms with Gasteiger partial charge >= 0.3 is 0 Å². The molecule has 4 rings (SSSR count). The van der Waals surface area contributed by atoms with E-state index in [0.29, 0.717) is 28.9 Å². The third-order valence-electron chi connectivity index (χ3n) is 4.49. The van der Waals surface area contributed by atoms with E-state index < -0.39 is 6.04 Å². The Morgan fingerprint density at radius 3 is 2.72 bits per heavy atom. The smallest absolute Gasteiger partial charge is 0.290 e. The minimum Gasteiger partial charge on any atom is -0.494 e. The lowest BCUT2D eigenvalue weighted by Crippen LogP contribution is -2.25. The van der Waals surface area contributed by atoms with Gasteiger partial charge in [-0.1, -0.05) is 24.3 Å². The van der Waals surface area contributed by atoms with Crippen molar-refractivity contribution in [2.45, 2.75) is 13.0 Å². The molecule has 1 aliphatic heterocycles. The van der Waals surface area contributed by atoms with Crippen LogP contribution in [-0.4, -0.2) is 24.5 Å². The summed E-state index contributed by atoms with van der Waals surface area (Å²) in [6.07, 6.45) is 0. The van der Waals surface area contributed by atoms with Crippen molar-refractivity contribution >= 4 is 16.9 Å². The number of fused-ring (bicyclic) bond motifs is 2. The Bertz CT molecular complexity index is 1040. The molecule has 0 spiro atoms. The van der Waals surface area contributed by atoms with Gasteiger partial charge in [0.15, 0.2) is 5.43 Å². The van der Waals surface area contributed by atoms with Crippen LogP contribution in [-0.2, 0) is 0 Å². The minimum absolute atomic E-state index is 0.123. The van der Waals surface area contributed by atoms with Crippen molar-refractivity contribution in [3.8, 4) is 5.75 Å². The summed E-state index contributed by atoms with van der Waals surface area (Å²) < 4.78 is 11.3. The Morgan fingerprint density at radius 1 is 1.12 bits per heavy atom. The van der Waals surface area contributed by atoms with E-state index in [1.54, 1.807) is 36.2 Å². The number of carbonyl (C=O) groups excluding carboxylic acids is 1. The maximum Gasteiger partial charge on any atom is 0.290 e. The van der Waals surface area contributed by atoms with Crippen molar-refractivity contribution in [3.63, 3.8) is 0 Å². The molecule has 1 amide bonds. The summed E-state index contributed by atoms with van der Waals surface area (Å²) in [5.74, 6) is 0.544. The number of para-hydroxylation sites is 1. The van der Waals surface area contributed by atoms with Crippen molar-refractivity contribution < 1.29 is 13.9 Å². The minimum atomic E-state index is -0.483. The first-order valence-electron chi connectivity index (χ1n) is 8.17. The molecule has 1 aromatic heterocycles. The van der Waals surface area contributed by atoms with Gasteiger partial charge < -0.3 is 14.1 Å². The number of ether oxygens (including phenoxy) is 1. The molecule has 5 nitrogen and oxygen atoms in total. The van der Waals surface area contributed by atoms with Gasteiger partial charge in [-0.25, -0.2) is 0 Å². The number of hydrogen-bond donors (Lipinski definition) is 0. The molecule has 1 aliphatic rings. The summed E-state index contributed by atoms with van der Waals surface area (Å²) in [7, 11) is 1.68. The van der Waals surface area contributed by atoms with Crippen molar-refractivity contribution in [2.24, 2.45) is 0 Å². The monoisotopic (exact) mass is 335 g/mol. The van der Waals surface area contributed by atoms with Crippen LogP contribution in [0.15, 0.2) is 57.7 Å². The molecule has 0 radical (unpaired) electrons. The van der Waals surface area contributed by atoms with Crippen LogP contribution >= 0.6 is 0 Å². The predicted octanol–water partition coefficient (Wildman–Crippen LogP) is 3.37. The highest BCUT2D eigenvalue weighted by Crippen LogP contribution is 2.37. The van der Waals surface area contributed by atoms with Crippen molar-refractivity contribution in [1.82, 2.24) is 4.90 Å². The number of benzene rings is 2. The lowest BCUT2D eigenvalue weighted by Gasteiger charge is -2.20. The first-order valence-corrected chi connectivity index (χ1v) is 8.17. The molecule has 3 aromatic rings. The van der Waals surface area contributed by atoms with Gasteiger partial charge in [0.1, 0.15) is 11.3 Å². The summed E-state index contributed by atoms with van der Waals surface area (Å²) in [4.78, 5) is 27.2. The zero-order chi connectivity index (χ0) is 17.6. The van der Waals surface area contributed by atoms with Crippen LogP contribution in [0.4, 0.5) is 0 Å². The van der Waals surface area contributed by atoms with Crippen LogP contribution in [0, 0.1) is 0 Å². The molecule has 2 heterocycles. The standard InChI is InChI=1S/C20H17NO4/c1-3-24-13-8-6-7-12(11-13)17-16-18(22)14-9-4-5-10-15(14)25-19(16)20(23)21(17)2/h4-11,17H,3H2,1-2H3. The molecule has 5 heteroatoms. The Labute approximate surface area is 144 Å². The van der Waals surface area contributed by atoms with E-state index in [1.165, 1.54) is 0 Å². The third-order valence-corrected chi connectivity index (χ3v) is 4.49. The van der Waals surface area contributed by atoms with E-state index in [4.69, 9.17) is 9.15 Å². The fraction of sp³-hybridized carbons (Fsp3) is 0.200. The lowest BCUT2D eigenvalue weighted by atomic mass is 9.98. The molecular formula is C20H17NO4. The third kappa shape index (κ3) is 2.31. The van der Waals surface area contributed by atoms with E-state index in [2.05, 4.69) is 0 Å². The maximum absolute atomic E-state index is 13.0. The van der Waals surface area contributed by atoms with Gasteiger partial charge in [0.2, 0.25) is 5.76 Å². The van der Waals surface area contributed by atoms with Gasteiger partial charge in [0, 0.05) is 7.05 Å². The van der Waals surface area contributed by atoms with Crippen LogP contribution in [0.5, 0.6) is 5.75 Å². The summed E-state index contributed by atoms with van der Waals surface area (Å²) >= 11 is 0. The molecule has 0 N–H and O–H groups in total. The summed E-state index contributed by atoms with van der Waals surface area (Å²) in [6, 6.07) is 14.0. The number of nitrogens with zero attached hydrogens (tertiary/aromatic N) is 1. The van der Waals surface area contributed by atoms with Crippen LogP contribution in [0.25, 0.3) is 11.0 Å². The molecule has 0 bridgehead atoms. The van der Waals surface area contributed by atoms with Crippen LogP contribution in [0.3, 0.4) is 0 Å². The average molecular weight is 335 g/mol. The zero-order valence-electron chi connectivity index (χ0n) is 14.0. The Morgan fingerprint density at radius 2 is 1.92 bits per heavy atom. The SMILES string of the molecule is CCOc1cccc(C2c3c(oc4ccccc4c3=O)C(=O)N2C)c1. The largest absolute Gasteiger partial charge is 0.494 e. The Hall–Kier alpha value is -3.08. The van der Waals surface area contributed by atoms with Crippen LogP contribution in [0.1, 0.15) is 34.6 Å². The van der Waals surface area contributed by atoms with Gasteiger partial charge in [-0.05, 0) is 36.8 Å². The molecule has 126 valence electrons. The summed E-state index contributed by atoms with van der Waals surface area (Å²) in [6.45, 7) is 2.46. The molecule has 2 aromatic carbocycles. The van der Waals surface area contributed by atoms with Crippen molar-refractivity contribution in [1.29, 1.82) is 0 Å². The Balaban J connectivity index is 1.95. The second kappa shape index (κ2) is 5.77. The maximum atomic E-state index is 13.0. The first-order chi connectivity index (χ1) is 12.1. The Kier molecular flexibility index (Phi) is 3.57. The first kappa shape index (κ1) is 15.4. The quantitative estimate of drug-likeness (QED) is 0.736. The van der Waals surface area contributed by atoms with Gasteiger partial charge in [-0.3, -0.25) is 9.59 Å². The number of amides is 1. The fourth-order valence-corrected chi connectivity index (χ4v) is 3.37. The molecule has 0 saturated carbocycles. The number of carbonyl (C=O) groups is 1. The highest BCUT2D eigenvalue weighted by molar-refractivity contribution is 5.98. The van der Waals surface area contributed by atoms with E-state index >= 15 is 0 Å². The second-order valence-corrected chi connectivity index (χ2v) is 5.99. The zero-order valence-corrected chi connectivity index (χ0v) is 14.0. The van der Waals surface area contributed by atoms with Gasteiger partial charge in [0.25, 0.3) is 5.91 Å². The predicted molar refractivity (Wildman–Crippen MR) is 94.0 cm³/mol. The van der Waals surface area contributed by atoms with Crippen LogP contribution < -0.4 is 10.2 Å². The molecule has 1 atom stereocenters. The van der Waals surface area contributed by atoms with Crippen molar-refractivity contribution in [3.05, 3.63) is 75.6 Å². The highest BCUT2D eigenvalue weighted by atomic mass is 16.5. The topological polar surface area (TPSA) is 59.8 Å². The summed E-state index contributed by atoms with van der Waals surface area (Å²) in [5.41, 5.74) is 1.47. The van der Waals surface area contributed by atoms with Gasteiger partial charge in [-0.2, -0.15) is 0 Å². The van der Waals surface area contributed by atoms with E-state index in [-0.39, 0.29) is 17.1 Å². The molecule has 0 aliphatic carbocycles. The van der Waals surface area contributed by atoms with Crippen LogP contribution in [0.2, 0.25) is 0 Å². The lowest BCUT2D eigenvalue weighted by molar-refractivity contribution is 0.0771. The van der Waals surface area contributed by atoms with Gasteiger partial charge in [-0.15, -0.1) is 0 Å². The van der Waals surface area contributed by atoms with Crippen molar-refractivity contribution in [2.75, 3.05) is 13.7 Å². The van der Waals surface area contributed by atoms with E-state index in [0.717, 1.165) is 5.56 Å². The van der Waals surface area contributed by atoms with E-state index in [9.17, 15) is 9.59 Å². The van der Waals surface area contributed by atoms with Gasteiger partial charge in [0.05, 0.1) is 23.6 Å². The fourth-order valence-electron chi connectivity index (χ4n) is 3.37. The molecule has 25 heavy (non-hydrogen) atoms. The second-order valence-electron chi connectivity index (χ2n) is 5.99. The summed E-state index contributed by atoms with van der Waals surface area (Å²) in [5, 5.41) is 0.482. The molecule has 0 saturated heterocycles. The van der Waals surface area contributed by atoms with E-state index in [1.807, 2.05) is 31.2 Å².